The van der Waals surface area contributed by atoms with Gasteiger partial charge in [0, 0.05) is 0 Å². The van der Waals surface area contributed by atoms with Gasteiger partial charge in [0.05, 0.1) is 0 Å². The molecule has 0 spiro atoms. The number of fused-ring (bicyclic) bond motifs is 1. The van der Waals surface area contributed by atoms with Gasteiger partial charge in [0.2, 0.25) is 0 Å². The molecule has 0 aliphatic heterocycles. The third-order valence-electron chi connectivity index (χ3n) is 7.81. The minimum atomic E-state index is 0.991. The average Bonchev–Trinajstić information content (AvgIpc) is 2.96. The second-order valence-corrected chi connectivity index (χ2v) is 9.18. The molecular formula is C22H40. The van der Waals surface area contributed by atoms with Crippen LogP contribution in [0.3, 0.4) is 0 Å². The molecule has 0 aromatic rings. The van der Waals surface area contributed by atoms with Gasteiger partial charge in [-0.1, -0.05) is 71.6 Å². The van der Waals surface area contributed by atoms with Crippen LogP contribution in [0.4, 0.5) is 0 Å². The van der Waals surface area contributed by atoms with Crippen LogP contribution < -0.4 is 0 Å². The Morgan fingerprint density at radius 3 is 2.32 bits per heavy atom. The van der Waals surface area contributed by atoms with E-state index in [2.05, 4.69) is 13.8 Å². The van der Waals surface area contributed by atoms with Gasteiger partial charge in [0.15, 0.2) is 0 Å². The Morgan fingerprint density at radius 1 is 0.773 bits per heavy atom. The first-order chi connectivity index (χ1) is 10.8. The molecule has 0 saturated heterocycles. The van der Waals surface area contributed by atoms with Crippen molar-refractivity contribution in [2.75, 3.05) is 0 Å². The van der Waals surface area contributed by atoms with Crippen molar-refractivity contribution in [1.29, 1.82) is 0 Å². The fourth-order valence-corrected chi connectivity index (χ4v) is 6.49. The summed E-state index contributed by atoms with van der Waals surface area (Å²) in [5, 5.41) is 0. The maximum absolute atomic E-state index is 2.57. The third kappa shape index (κ3) is 4.09. The van der Waals surface area contributed by atoms with Gasteiger partial charge >= 0.3 is 0 Å². The molecule has 0 aromatic carbocycles. The fourth-order valence-electron chi connectivity index (χ4n) is 6.49. The summed E-state index contributed by atoms with van der Waals surface area (Å²) < 4.78 is 0. The van der Waals surface area contributed by atoms with Crippen molar-refractivity contribution < 1.29 is 0 Å². The Bertz CT molecular complexity index is 320. The van der Waals surface area contributed by atoms with Crippen molar-refractivity contribution in [2.24, 2.45) is 35.5 Å². The van der Waals surface area contributed by atoms with E-state index < -0.39 is 0 Å². The highest BCUT2D eigenvalue weighted by molar-refractivity contribution is 4.88. The molecule has 128 valence electrons. The van der Waals surface area contributed by atoms with Gasteiger partial charge < -0.3 is 0 Å². The largest absolute Gasteiger partial charge is 0.0651 e. The second-order valence-electron chi connectivity index (χ2n) is 9.18. The zero-order valence-corrected chi connectivity index (χ0v) is 15.4. The van der Waals surface area contributed by atoms with E-state index in [1.54, 1.807) is 44.9 Å². The van der Waals surface area contributed by atoms with Crippen LogP contribution in [0.25, 0.3) is 0 Å². The van der Waals surface area contributed by atoms with Crippen molar-refractivity contribution in [3.63, 3.8) is 0 Å². The molecule has 0 aromatic heterocycles. The van der Waals surface area contributed by atoms with Gasteiger partial charge in [-0.15, -0.1) is 0 Å². The Hall–Kier alpha value is 0. The number of rotatable bonds is 6. The first-order valence-corrected chi connectivity index (χ1v) is 10.8. The lowest BCUT2D eigenvalue weighted by Gasteiger charge is -2.33. The van der Waals surface area contributed by atoms with E-state index in [1.807, 2.05) is 0 Å². The average molecular weight is 305 g/mol. The summed E-state index contributed by atoms with van der Waals surface area (Å²) in [6.45, 7) is 4.99. The summed E-state index contributed by atoms with van der Waals surface area (Å²) in [4.78, 5) is 0. The van der Waals surface area contributed by atoms with Gasteiger partial charge in [-0.2, -0.15) is 0 Å². The molecule has 0 heterocycles. The van der Waals surface area contributed by atoms with Gasteiger partial charge in [-0.3, -0.25) is 0 Å². The Kier molecular flexibility index (Phi) is 6.28. The topological polar surface area (TPSA) is 0 Å². The van der Waals surface area contributed by atoms with Crippen molar-refractivity contribution in [3.8, 4) is 0 Å². The summed E-state index contributed by atoms with van der Waals surface area (Å²) in [6.07, 6.45) is 21.5. The summed E-state index contributed by atoms with van der Waals surface area (Å²) in [5.41, 5.74) is 0. The van der Waals surface area contributed by atoms with Crippen LogP contribution in [0.5, 0.6) is 0 Å². The Balaban J connectivity index is 1.41. The predicted octanol–water partition coefficient (Wildman–Crippen LogP) is 7.23. The fraction of sp³-hybridized carbons (Fsp3) is 1.00. The highest BCUT2D eigenvalue weighted by Gasteiger charge is 2.37. The molecule has 3 aliphatic rings. The van der Waals surface area contributed by atoms with Gasteiger partial charge in [0.1, 0.15) is 0 Å². The molecule has 6 unspecified atom stereocenters. The van der Waals surface area contributed by atoms with Crippen molar-refractivity contribution >= 4 is 0 Å². The maximum Gasteiger partial charge on any atom is -0.0357 e. The molecular weight excluding hydrogens is 264 g/mol. The summed E-state index contributed by atoms with van der Waals surface area (Å²) in [6, 6.07) is 0. The molecule has 0 bridgehead atoms. The normalized spacial score (nSPS) is 40.4. The number of hydrogen-bond donors (Lipinski definition) is 0. The summed E-state index contributed by atoms with van der Waals surface area (Å²) in [7, 11) is 0. The van der Waals surface area contributed by atoms with Crippen LogP contribution in [0.2, 0.25) is 0 Å². The molecule has 3 fully saturated rings. The molecule has 0 N–H and O–H groups in total. The summed E-state index contributed by atoms with van der Waals surface area (Å²) >= 11 is 0. The highest BCUT2D eigenvalue weighted by Crippen LogP contribution is 2.48. The first-order valence-electron chi connectivity index (χ1n) is 10.8. The molecule has 22 heavy (non-hydrogen) atoms. The molecule has 6 atom stereocenters. The quantitative estimate of drug-likeness (QED) is 0.485. The molecule has 3 aliphatic carbocycles. The zero-order valence-electron chi connectivity index (χ0n) is 15.4. The molecule has 0 radical (unpaired) electrons. The zero-order chi connectivity index (χ0) is 15.4. The van der Waals surface area contributed by atoms with Gasteiger partial charge in [-0.05, 0) is 67.6 Å². The van der Waals surface area contributed by atoms with Gasteiger partial charge in [0.25, 0.3) is 0 Å². The second kappa shape index (κ2) is 8.20. The van der Waals surface area contributed by atoms with E-state index in [9.17, 15) is 0 Å². The highest BCUT2D eigenvalue weighted by atomic mass is 14.4. The van der Waals surface area contributed by atoms with Crippen molar-refractivity contribution in [2.45, 2.75) is 104 Å². The molecule has 3 saturated carbocycles. The van der Waals surface area contributed by atoms with E-state index in [0.717, 1.165) is 35.5 Å². The third-order valence-corrected chi connectivity index (χ3v) is 7.81. The Morgan fingerprint density at radius 2 is 1.50 bits per heavy atom. The smallest absolute Gasteiger partial charge is 0.0357 e. The maximum atomic E-state index is 2.57. The molecule has 0 nitrogen and oxygen atoms in total. The molecule has 0 heteroatoms. The van der Waals surface area contributed by atoms with Gasteiger partial charge in [-0.25, -0.2) is 0 Å². The molecule has 3 rings (SSSR count). The Labute approximate surface area is 139 Å². The van der Waals surface area contributed by atoms with Crippen LogP contribution >= 0.6 is 0 Å². The van der Waals surface area contributed by atoms with Crippen LogP contribution in [-0.4, -0.2) is 0 Å². The van der Waals surface area contributed by atoms with E-state index in [1.165, 1.54) is 44.9 Å². The number of hydrogen-bond acceptors (Lipinski definition) is 0. The summed E-state index contributed by atoms with van der Waals surface area (Å²) in [5.74, 6) is 6.50. The predicted molar refractivity (Wildman–Crippen MR) is 96.9 cm³/mol. The van der Waals surface area contributed by atoms with E-state index in [0.29, 0.717) is 0 Å². The SMILES string of the molecule is CCC1CCCCC1CCC(C)CC1CCC2CCCCC21. The van der Waals surface area contributed by atoms with Crippen molar-refractivity contribution in [1.82, 2.24) is 0 Å². The van der Waals surface area contributed by atoms with E-state index >= 15 is 0 Å². The van der Waals surface area contributed by atoms with Crippen LogP contribution in [-0.2, 0) is 0 Å². The minimum Gasteiger partial charge on any atom is -0.0651 e. The van der Waals surface area contributed by atoms with E-state index in [4.69, 9.17) is 0 Å². The van der Waals surface area contributed by atoms with E-state index in [-0.39, 0.29) is 0 Å². The van der Waals surface area contributed by atoms with Crippen LogP contribution in [0, 0.1) is 35.5 Å². The van der Waals surface area contributed by atoms with Crippen molar-refractivity contribution in [3.05, 3.63) is 0 Å². The standard InChI is InChI=1S/C22H40/c1-3-18-8-4-5-9-19(18)13-12-17(2)16-21-15-14-20-10-6-7-11-22(20)21/h17-22H,3-16H2,1-2H3. The first kappa shape index (κ1) is 16.8. The monoisotopic (exact) mass is 304 g/mol. The lowest BCUT2D eigenvalue weighted by Crippen LogP contribution is -2.22. The van der Waals surface area contributed by atoms with Crippen LogP contribution in [0.15, 0.2) is 0 Å². The lowest BCUT2D eigenvalue weighted by atomic mass is 9.73. The molecule has 0 amide bonds. The van der Waals surface area contributed by atoms with Crippen LogP contribution in [0.1, 0.15) is 104 Å². The minimum absolute atomic E-state index is 0.991. The lowest BCUT2D eigenvalue weighted by molar-refractivity contribution is 0.183.